The van der Waals surface area contributed by atoms with Crippen LogP contribution in [0.5, 0.6) is 0 Å². The van der Waals surface area contributed by atoms with Crippen molar-refractivity contribution in [2.24, 2.45) is 0 Å². The molecule has 5 nitrogen and oxygen atoms in total. The molecule has 1 aromatic heterocycles. The Morgan fingerprint density at radius 1 is 1.24 bits per heavy atom. The van der Waals surface area contributed by atoms with Gasteiger partial charge in [-0.25, -0.2) is 9.59 Å². The van der Waals surface area contributed by atoms with Crippen LogP contribution in [0.3, 0.4) is 0 Å². The summed E-state index contributed by atoms with van der Waals surface area (Å²) >= 11 is 7.20. The minimum atomic E-state index is -1.07. The number of anilines is 1. The van der Waals surface area contributed by atoms with Gasteiger partial charge < -0.3 is 15.7 Å². The molecule has 0 saturated heterocycles. The van der Waals surface area contributed by atoms with Crippen LogP contribution in [0.4, 0.5) is 10.5 Å². The number of benzene rings is 1. The molecule has 1 aromatic carbocycles. The third-order valence-electron chi connectivity index (χ3n) is 2.69. The van der Waals surface area contributed by atoms with Crippen molar-refractivity contribution in [3.8, 4) is 0 Å². The van der Waals surface area contributed by atoms with Crippen molar-refractivity contribution in [1.29, 1.82) is 0 Å². The molecule has 0 saturated carbocycles. The van der Waals surface area contributed by atoms with Crippen LogP contribution in [0, 0.1) is 0 Å². The summed E-state index contributed by atoms with van der Waals surface area (Å²) in [5, 5.41) is 16.6. The summed E-state index contributed by atoms with van der Waals surface area (Å²) in [6.45, 7) is 0. The van der Waals surface area contributed by atoms with Crippen molar-refractivity contribution in [1.82, 2.24) is 5.32 Å². The van der Waals surface area contributed by atoms with Gasteiger partial charge in [0.25, 0.3) is 0 Å². The summed E-state index contributed by atoms with van der Waals surface area (Å²) in [5.41, 5.74) is 0.539. The molecule has 1 unspecified atom stereocenters. The van der Waals surface area contributed by atoms with Gasteiger partial charge in [0.2, 0.25) is 0 Å². The summed E-state index contributed by atoms with van der Waals surface area (Å²) in [4.78, 5) is 23.9. The number of carboxylic acid groups (broad SMARTS) is 1. The number of rotatable bonds is 5. The standard InChI is InChI=1S/C14H13ClN2O3S/c15-9-3-5-10(6-4-9)16-14(20)17-12(13(18)19)8-11-2-1-7-21-11/h1-7,12H,8H2,(H,18,19)(H2,16,17,20). The lowest BCUT2D eigenvalue weighted by Gasteiger charge is -2.14. The first kappa shape index (κ1) is 15.3. The van der Waals surface area contributed by atoms with Gasteiger partial charge in [-0.1, -0.05) is 17.7 Å². The molecule has 1 heterocycles. The molecule has 1 atom stereocenters. The van der Waals surface area contributed by atoms with Crippen molar-refractivity contribution >= 4 is 40.6 Å². The highest BCUT2D eigenvalue weighted by Gasteiger charge is 2.20. The minimum Gasteiger partial charge on any atom is -0.480 e. The Kier molecular flexibility index (Phi) is 5.19. The summed E-state index contributed by atoms with van der Waals surface area (Å²) < 4.78 is 0. The number of hydrogen-bond acceptors (Lipinski definition) is 3. The van der Waals surface area contributed by atoms with E-state index >= 15 is 0 Å². The van der Waals surface area contributed by atoms with E-state index < -0.39 is 18.0 Å². The highest BCUT2D eigenvalue weighted by molar-refractivity contribution is 7.09. The molecule has 2 aromatic rings. The Hall–Kier alpha value is -2.05. The fourth-order valence-electron chi connectivity index (χ4n) is 1.69. The number of thiophene rings is 1. The number of halogens is 1. The molecular formula is C14H13ClN2O3S. The number of hydrogen-bond donors (Lipinski definition) is 3. The zero-order chi connectivity index (χ0) is 15.2. The maximum atomic E-state index is 11.8. The van der Waals surface area contributed by atoms with Gasteiger partial charge in [-0.15, -0.1) is 11.3 Å². The second-order valence-corrected chi connectivity index (χ2v) is 5.75. The van der Waals surface area contributed by atoms with E-state index in [0.29, 0.717) is 10.7 Å². The smallest absolute Gasteiger partial charge is 0.326 e. The number of aliphatic carboxylic acids is 1. The van der Waals surface area contributed by atoms with Crippen LogP contribution in [0.2, 0.25) is 5.02 Å². The first-order valence-electron chi connectivity index (χ1n) is 6.13. The highest BCUT2D eigenvalue weighted by Crippen LogP contribution is 2.14. The molecule has 2 amide bonds. The van der Waals surface area contributed by atoms with Crippen LogP contribution >= 0.6 is 22.9 Å². The molecular weight excluding hydrogens is 312 g/mol. The molecule has 21 heavy (non-hydrogen) atoms. The van der Waals surface area contributed by atoms with E-state index in [9.17, 15) is 9.59 Å². The lowest BCUT2D eigenvalue weighted by molar-refractivity contribution is -0.139. The molecule has 0 bridgehead atoms. The van der Waals surface area contributed by atoms with Gasteiger partial charge in [-0.05, 0) is 35.7 Å². The molecule has 0 aliphatic heterocycles. The average molecular weight is 325 g/mol. The van der Waals surface area contributed by atoms with Crippen LogP contribution < -0.4 is 10.6 Å². The fraction of sp³-hybridized carbons (Fsp3) is 0.143. The topological polar surface area (TPSA) is 78.4 Å². The molecule has 110 valence electrons. The molecule has 0 aliphatic carbocycles. The van der Waals surface area contributed by atoms with Crippen LogP contribution in [0.25, 0.3) is 0 Å². The second kappa shape index (κ2) is 7.10. The molecule has 0 radical (unpaired) electrons. The van der Waals surface area contributed by atoms with Crippen molar-refractivity contribution in [2.45, 2.75) is 12.5 Å². The Morgan fingerprint density at radius 2 is 1.95 bits per heavy atom. The Bertz CT molecular complexity index is 614. The fourth-order valence-corrected chi connectivity index (χ4v) is 2.57. The summed E-state index contributed by atoms with van der Waals surface area (Å²) in [6.07, 6.45) is 0.251. The molecule has 0 aliphatic rings. The number of carbonyl (C=O) groups excluding carboxylic acids is 1. The zero-order valence-electron chi connectivity index (χ0n) is 10.9. The van der Waals surface area contributed by atoms with Gasteiger partial charge in [0, 0.05) is 22.0 Å². The number of carbonyl (C=O) groups is 2. The lowest BCUT2D eigenvalue weighted by Crippen LogP contribution is -2.44. The van der Waals surface area contributed by atoms with Crippen molar-refractivity contribution in [3.63, 3.8) is 0 Å². The zero-order valence-corrected chi connectivity index (χ0v) is 12.4. The quantitative estimate of drug-likeness (QED) is 0.790. The number of amides is 2. The highest BCUT2D eigenvalue weighted by atomic mass is 35.5. The second-order valence-electron chi connectivity index (χ2n) is 4.28. The largest absolute Gasteiger partial charge is 0.480 e. The van der Waals surface area contributed by atoms with Gasteiger partial charge in [0.15, 0.2) is 0 Å². The van der Waals surface area contributed by atoms with Gasteiger partial charge in [-0.3, -0.25) is 0 Å². The SMILES string of the molecule is O=C(Nc1ccc(Cl)cc1)NC(Cc1cccs1)C(=O)O. The normalized spacial score (nSPS) is 11.7. The van der Waals surface area contributed by atoms with E-state index in [1.807, 2.05) is 17.5 Å². The van der Waals surface area contributed by atoms with Gasteiger partial charge in [0.05, 0.1) is 0 Å². The van der Waals surface area contributed by atoms with E-state index in [2.05, 4.69) is 10.6 Å². The predicted molar refractivity (Wildman–Crippen MR) is 83.1 cm³/mol. The van der Waals surface area contributed by atoms with Gasteiger partial charge >= 0.3 is 12.0 Å². The van der Waals surface area contributed by atoms with Gasteiger partial charge in [-0.2, -0.15) is 0 Å². The van der Waals surface area contributed by atoms with Crippen molar-refractivity contribution in [2.75, 3.05) is 5.32 Å². The lowest BCUT2D eigenvalue weighted by atomic mass is 10.2. The van der Waals surface area contributed by atoms with Crippen LogP contribution in [0.1, 0.15) is 4.88 Å². The summed E-state index contributed by atoms with van der Waals surface area (Å²) in [7, 11) is 0. The number of nitrogens with one attached hydrogen (secondary N) is 2. The number of carboxylic acids is 1. The molecule has 2 rings (SSSR count). The van der Waals surface area contributed by atoms with E-state index in [4.69, 9.17) is 16.7 Å². The first-order valence-corrected chi connectivity index (χ1v) is 7.38. The summed E-state index contributed by atoms with van der Waals surface area (Å²) in [5.74, 6) is -1.07. The molecule has 7 heteroatoms. The van der Waals surface area contributed by atoms with E-state index in [1.165, 1.54) is 11.3 Å². The molecule has 0 fully saturated rings. The minimum absolute atomic E-state index is 0.251. The van der Waals surface area contributed by atoms with Crippen molar-refractivity contribution in [3.05, 3.63) is 51.7 Å². The number of urea groups is 1. The molecule has 0 spiro atoms. The first-order chi connectivity index (χ1) is 10.0. The van der Waals surface area contributed by atoms with Crippen LogP contribution in [-0.2, 0) is 11.2 Å². The molecule has 3 N–H and O–H groups in total. The Morgan fingerprint density at radius 3 is 2.52 bits per heavy atom. The monoisotopic (exact) mass is 324 g/mol. The van der Waals surface area contributed by atoms with Crippen LogP contribution in [0.15, 0.2) is 41.8 Å². The third kappa shape index (κ3) is 4.77. The average Bonchev–Trinajstić information content (AvgIpc) is 2.93. The maximum absolute atomic E-state index is 11.8. The predicted octanol–water partition coefficient (Wildman–Crippen LogP) is 3.22. The summed E-state index contributed by atoms with van der Waals surface area (Å²) in [6, 6.07) is 8.67. The van der Waals surface area contributed by atoms with Crippen LogP contribution in [-0.4, -0.2) is 23.1 Å². The third-order valence-corrected chi connectivity index (χ3v) is 3.84. The van der Waals surface area contributed by atoms with E-state index in [1.54, 1.807) is 24.3 Å². The Labute approximate surface area is 130 Å². The van der Waals surface area contributed by atoms with Crippen molar-refractivity contribution < 1.29 is 14.7 Å². The van der Waals surface area contributed by atoms with E-state index in [-0.39, 0.29) is 6.42 Å². The Balaban J connectivity index is 1.95. The van der Waals surface area contributed by atoms with Gasteiger partial charge in [0.1, 0.15) is 6.04 Å². The van der Waals surface area contributed by atoms with E-state index in [0.717, 1.165) is 4.88 Å². The maximum Gasteiger partial charge on any atom is 0.326 e.